The Balaban J connectivity index is 3.75. The molecule has 0 amide bonds. The largest absolute Gasteiger partial charge is 0.477 e. The van der Waals surface area contributed by atoms with Gasteiger partial charge in [-0.2, -0.15) is 0 Å². The highest BCUT2D eigenvalue weighted by Gasteiger charge is 2.31. The van der Waals surface area contributed by atoms with E-state index in [4.69, 9.17) is 14.2 Å². The first-order valence-corrected chi connectivity index (χ1v) is 20.1. The van der Waals surface area contributed by atoms with Gasteiger partial charge in [0, 0.05) is 19.3 Å². The number of unbranched alkanes of at least 4 members (excludes halogenated alkanes) is 23. The maximum Gasteiger partial charge on any atom is 0.362 e. The number of carbonyl (C=O) groups excluding carboxylic acids is 2. The van der Waals surface area contributed by atoms with E-state index in [0.29, 0.717) is 12.8 Å². The summed E-state index contributed by atoms with van der Waals surface area (Å²) < 4.78 is 16.7. The number of rotatable bonds is 36. The molecular weight excluding hydrogens is 606 g/mol. The zero-order valence-electron chi connectivity index (χ0n) is 32.2. The smallest absolute Gasteiger partial charge is 0.362 e. The van der Waals surface area contributed by atoms with Crippen LogP contribution in [0.5, 0.6) is 0 Å². The van der Waals surface area contributed by atoms with Crippen molar-refractivity contribution in [3.05, 3.63) is 0 Å². The number of nitrogens with zero attached hydrogens (tertiary/aromatic N) is 1. The van der Waals surface area contributed by atoms with Crippen LogP contribution in [0.3, 0.4) is 0 Å². The number of esters is 2. The molecule has 0 aromatic heterocycles. The zero-order chi connectivity index (χ0) is 35.7. The van der Waals surface area contributed by atoms with Gasteiger partial charge in [-0.25, -0.2) is 4.79 Å². The fourth-order valence-electron chi connectivity index (χ4n) is 6.13. The van der Waals surface area contributed by atoms with E-state index in [1.807, 2.05) is 21.1 Å². The van der Waals surface area contributed by atoms with Gasteiger partial charge in [-0.1, -0.05) is 162 Å². The second-order valence-electron chi connectivity index (χ2n) is 14.9. The fourth-order valence-corrected chi connectivity index (χ4v) is 6.13. The fraction of sp³-hybridized carbons (Fsp3) is 0.925. The van der Waals surface area contributed by atoms with Gasteiger partial charge in [-0.05, 0) is 6.42 Å². The lowest BCUT2D eigenvalue weighted by Gasteiger charge is -2.31. The third kappa shape index (κ3) is 30.4. The first-order valence-electron chi connectivity index (χ1n) is 20.1. The van der Waals surface area contributed by atoms with Crippen LogP contribution in [-0.4, -0.2) is 80.6 Å². The molecule has 0 aliphatic carbocycles. The Kier molecular flexibility index (Phi) is 31.4. The minimum absolute atomic E-state index is 0.0600. The van der Waals surface area contributed by atoms with Gasteiger partial charge >= 0.3 is 17.9 Å². The van der Waals surface area contributed by atoms with E-state index in [2.05, 4.69) is 6.92 Å². The number of carboxylic acids is 1. The summed E-state index contributed by atoms with van der Waals surface area (Å²) in [6.07, 6.45) is 32.3. The molecule has 0 rings (SSSR count). The first-order chi connectivity index (χ1) is 23.1. The number of carboxylic acid groups (broad SMARTS) is 1. The van der Waals surface area contributed by atoms with Crippen LogP contribution in [0.4, 0.5) is 0 Å². The molecule has 0 aromatic carbocycles. The number of quaternary nitrogens is 1. The Hall–Kier alpha value is -1.67. The molecule has 8 nitrogen and oxygen atoms in total. The lowest BCUT2D eigenvalue weighted by molar-refractivity contribution is -0.887. The van der Waals surface area contributed by atoms with E-state index in [1.54, 1.807) is 6.92 Å². The van der Waals surface area contributed by atoms with Crippen molar-refractivity contribution in [2.75, 3.05) is 41.0 Å². The van der Waals surface area contributed by atoms with Crippen molar-refractivity contribution in [2.24, 2.45) is 0 Å². The number of likely N-dealkylation sites (N-methyl/N-ethyl adjacent to an activating group) is 1. The minimum Gasteiger partial charge on any atom is -0.477 e. The molecule has 0 heterocycles. The Labute approximate surface area is 296 Å². The highest BCUT2D eigenvalue weighted by Crippen LogP contribution is 2.16. The zero-order valence-corrected chi connectivity index (χ0v) is 32.2. The quantitative estimate of drug-likeness (QED) is 0.0398. The molecule has 1 N–H and O–H groups in total. The summed E-state index contributed by atoms with van der Waals surface area (Å²) in [4.78, 5) is 35.6. The SMILES string of the molecule is CCCCCCCCCCCCCCCCCCCCCCCCCCC(=O)OC(COCCC(C(=O)O)[N+](C)(C)C)COC(=O)CC. The molecule has 0 spiro atoms. The molecule has 0 aliphatic rings. The third-order valence-corrected chi connectivity index (χ3v) is 9.31. The van der Waals surface area contributed by atoms with Gasteiger partial charge in [0.25, 0.3) is 0 Å². The van der Waals surface area contributed by atoms with Crippen molar-refractivity contribution in [1.82, 2.24) is 0 Å². The number of hydrogen-bond donors (Lipinski definition) is 1. The average Bonchev–Trinajstić information content (AvgIpc) is 3.04. The second-order valence-corrected chi connectivity index (χ2v) is 14.9. The maximum atomic E-state index is 12.5. The molecule has 8 heteroatoms. The summed E-state index contributed by atoms with van der Waals surface area (Å²) in [6.45, 7) is 4.20. The molecule has 284 valence electrons. The predicted octanol–water partition coefficient (Wildman–Crippen LogP) is 10.2. The summed E-state index contributed by atoms with van der Waals surface area (Å²) >= 11 is 0. The lowest BCUT2D eigenvalue weighted by Crippen LogP contribution is -2.50. The van der Waals surface area contributed by atoms with Crippen molar-refractivity contribution in [2.45, 2.75) is 199 Å². The van der Waals surface area contributed by atoms with Gasteiger partial charge in [0.05, 0.1) is 34.4 Å². The molecule has 2 atom stereocenters. The monoisotopic (exact) mass is 685 g/mol. The van der Waals surface area contributed by atoms with Crippen molar-refractivity contribution in [3.63, 3.8) is 0 Å². The van der Waals surface area contributed by atoms with Crippen molar-refractivity contribution in [1.29, 1.82) is 0 Å². The average molecular weight is 685 g/mol. The molecule has 0 saturated carbocycles. The van der Waals surface area contributed by atoms with Crippen LogP contribution in [0.25, 0.3) is 0 Å². The van der Waals surface area contributed by atoms with Gasteiger partial charge in [-0.15, -0.1) is 0 Å². The van der Waals surface area contributed by atoms with E-state index in [0.717, 1.165) is 19.3 Å². The van der Waals surface area contributed by atoms with E-state index >= 15 is 0 Å². The predicted molar refractivity (Wildman–Crippen MR) is 197 cm³/mol. The second kappa shape index (κ2) is 32.5. The molecular formula is C40H78NO7+. The molecule has 0 fully saturated rings. The van der Waals surface area contributed by atoms with Crippen LogP contribution in [0.2, 0.25) is 0 Å². The van der Waals surface area contributed by atoms with Crippen molar-refractivity contribution >= 4 is 17.9 Å². The number of carbonyl (C=O) groups is 3. The van der Waals surface area contributed by atoms with Crippen LogP contribution in [0.1, 0.15) is 187 Å². The standard InChI is InChI=1S/C40H77NO7/c1-6-8-9-10-11-12-13-14-15-16-17-18-19-20-21-22-23-24-25-26-27-28-29-30-31-39(43)48-36(35-47-38(42)7-2)34-46-33-32-37(40(44)45)41(3,4)5/h36-37H,6-35H2,1-5H3/p+1. The number of hydrogen-bond acceptors (Lipinski definition) is 6. The Morgan fingerprint density at radius 1 is 0.562 bits per heavy atom. The number of ether oxygens (including phenoxy) is 3. The van der Waals surface area contributed by atoms with Gasteiger partial charge in [0.15, 0.2) is 12.1 Å². The van der Waals surface area contributed by atoms with Crippen LogP contribution >= 0.6 is 0 Å². The van der Waals surface area contributed by atoms with Gasteiger partial charge in [0.2, 0.25) is 0 Å². The summed E-state index contributed by atoms with van der Waals surface area (Å²) in [5, 5.41) is 9.48. The molecule has 48 heavy (non-hydrogen) atoms. The molecule has 2 unspecified atom stereocenters. The Bertz CT molecular complexity index is 767. The third-order valence-electron chi connectivity index (χ3n) is 9.31. The number of aliphatic carboxylic acids is 1. The summed E-state index contributed by atoms with van der Waals surface area (Å²) in [5.74, 6) is -1.56. The summed E-state index contributed by atoms with van der Waals surface area (Å²) in [5.41, 5.74) is 0. The van der Waals surface area contributed by atoms with Gasteiger partial charge < -0.3 is 23.8 Å². The highest BCUT2D eigenvalue weighted by molar-refractivity contribution is 5.72. The van der Waals surface area contributed by atoms with E-state index in [1.165, 1.54) is 135 Å². The van der Waals surface area contributed by atoms with Crippen LogP contribution < -0.4 is 0 Å². The lowest BCUT2D eigenvalue weighted by atomic mass is 10.0. The summed E-state index contributed by atoms with van der Waals surface area (Å²) in [7, 11) is 5.49. The maximum absolute atomic E-state index is 12.5. The van der Waals surface area contributed by atoms with Crippen LogP contribution in [0.15, 0.2) is 0 Å². The molecule has 0 aliphatic heterocycles. The minimum atomic E-state index is -0.878. The Morgan fingerprint density at radius 2 is 0.958 bits per heavy atom. The first kappa shape index (κ1) is 46.3. The van der Waals surface area contributed by atoms with E-state index in [9.17, 15) is 19.5 Å². The van der Waals surface area contributed by atoms with Crippen molar-refractivity contribution < 1.29 is 38.2 Å². The van der Waals surface area contributed by atoms with Gasteiger partial charge in [-0.3, -0.25) is 9.59 Å². The Morgan fingerprint density at radius 3 is 1.31 bits per heavy atom. The van der Waals surface area contributed by atoms with E-state index in [-0.39, 0.29) is 42.7 Å². The van der Waals surface area contributed by atoms with E-state index < -0.39 is 18.1 Å². The van der Waals surface area contributed by atoms with Gasteiger partial charge in [0.1, 0.15) is 6.61 Å². The van der Waals surface area contributed by atoms with Crippen LogP contribution in [0, 0.1) is 0 Å². The molecule has 0 saturated heterocycles. The highest BCUT2D eigenvalue weighted by atomic mass is 16.6. The normalized spacial score (nSPS) is 12.9. The molecule has 0 radical (unpaired) electrons. The molecule has 0 bridgehead atoms. The summed E-state index contributed by atoms with van der Waals surface area (Å²) in [6, 6.07) is -0.604. The topological polar surface area (TPSA) is 99.1 Å². The molecule has 0 aromatic rings. The van der Waals surface area contributed by atoms with Crippen LogP contribution in [-0.2, 0) is 28.6 Å². The van der Waals surface area contributed by atoms with Crippen molar-refractivity contribution in [3.8, 4) is 0 Å².